The van der Waals surface area contributed by atoms with Gasteiger partial charge in [-0.15, -0.1) is 12.4 Å². The number of carboxylic acid groups (broad SMARTS) is 1. The standard InChI is InChI=1S/C12H16N2O4S.ClH/c1-2-18-9(15)5-4-8-10(11(16)17)19-12-13-6-3-7-14(8)12;/h2-7H2,1H3,(H,16,17);1H. The molecule has 2 aliphatic rings. The Morgan fingerprint density at radius 1 is 1.50 bits per heavy atom. The zero-order valence-electron chi connectivity index (χ0n) is 11.1. The molecule has 2 heterocycles. The molecule has 2 aliphatic heterocycles. The summed E-state index contributed by atoms with van der Waals surface area (Å²) in [5.41, 5.74) is 0.684. The Labute approximate surface area is 127 Å². The van der Waals surface area contributed by atoms with E-state index < -0.39 is 5.97 Å². The lowest BCUT2D eigenvalue weighted by molar-refractivity contribution is -0.143. The normalized spacial score (nSPS) is 17.2. The van der Waals surface area contributed by atoms with Crippen LogP contribution in [0.3, 0.4) is 0 Å². The second kappa shape index (κ2) is 7.54. The lowest BCUT2D eigenvalue weighted by Gasteiger charge is -2.25. The minimum Gasteiger partial charge on any atom is -0.477 e. The fourth-order valence-electron chi connectivity index (χ4n) is 2.06. The molecule has 0 aromatic heterocycles. The molecule has 0 saturated heterocycles. The van der Waals surface area contributed by atoms with Gasteiger partial charge in [-0.25, -0.2) is 4.79 Å². The van der Waals surface area contributed by atoms with Crippen LogP contribution in [0, 0.1) is 0 Å². The van der Waals surface area contributed by atoms with Crippen molar-refractivity contribution in [3.05, 3.63) is 10.6 Å². The van der Waals surface area contributed by atoms with Gasteiger partial charge in [-0.2, -0.15) is 0 Å². The van der Waals surface area contributed by atoms with E-state index in [4.69, 9.17) is 4.74 Å². The van der Waals surface area contributed by atoms with Gasteiger partial charge in [-0.05, 0) is 31.5 Å². The quantitative estimate of drug-likeness (QED) is 0.779. The zero-order valence-corrected chi connectivity index (χ0v) is 12.8. The molecule has 0 saturated carbocycles. The number of halogens is 1. The van der Waals surface area contributed by atoms with Crippen molar-refractivity contribution in [2.45, 2.75) is 26.2 Å². The number of thioether (sulfide) groups is 1. The molecule has 0 radical (unpaired) electrons. The first kappa shape index (κ1) is 16.8. The fraction of sp³-hybridized carbons (Fsp3) is 0.583. The van der Waals surface area contributed by atoms with E-state index in [1.807, 2.05) is 4.90 Å². The SMILES string of the molecule is CCOC(=O)CCC1=C(C(=O)O)SC2=NCCCN21.Cl. The van der Waals surface area contributed by atoms with Crippen LogP contribution < -0.4 is 0 Å². The Morgan fingerprint density at radius 2 is 2.25 bits per heavy atom. The number of carbonyl (C=O) groups is 2. The van der Waals surface area contributed by atoms with Crippen molar-refractivity contribution < 1.29 is 19.4 Å². The van der Waals surface area contributed by atoms with Gasteiger partial charge in [0.1, 0.15) is 4.91 Å². The summed E-state index contributed by atoms with van der Waals surface area (Å²) in [5, 5.41) is 9.96. The van der Waals surface area contributed by atoms with Gasteiger partial charge in [0, 0.05) is 18.8 Å². The Morgan fingerprint density at radius 3 is 2.90 bits per heavy atom. The first-order valence-electron chi connectivity index (χ1n) is 6.25. The van der Waals surface area contributed by atoms with E-state index in [9.17, 15) is 14.7 Å². The summed E-state index contributed by atoms with van der Waals surface area (Å²) in [6.07, 6.45) is 1.48. The van der Waals surface area contributed by atoms with Crippen LogP contribution in [-0.4, -0.2) is 46.8 Å². The van der Waals surface area contributed by atoms with Crippen LogP contribution in [0.1, 0.15) is 26.2 Å². The number of fused-ring (bicyclic) bond motifs is 1. The lowest BCUT2D eigenvalue weighted by Crippen LogP contribution is -2.30. The van der Waals surface area contributed by atoms with Gasteiger partial charge in [0.15, 0.2) is 5.17 Å². The van der Waals surface area contributed by atoms with Gasteiger partial charge < -0.3 is 14.7 Å². The monoisotopic (exact) mass is 320 g/mol. The molecule has 20 heavy (non-hydrogen) atoms. The molecule has 8 heteroatoms. The van der Waals surface area contributed by atoms with Crippen LogP contribution >= 0.6 is 24.2 Å². The summed E-state index contributed by atoms with van der Waals surface area (Å²) >= 11 is 1.18. The van der Waals surface area contributed by atoms with Crippen LogP contribution in [0.15, 0.2) is 15.6 Å². The number of carboxylic acids is 1. The van der Waals surface area contributed by atoms with Gasteiger partial charge in [0.05, 0.1) is 13.0 Å². The molecule has 0 aromatic carbocycles. The maximum atomic E-state index is 11.4. The van der Waals surface area contributed by atoms with Crippen LogP contribution in [-0.2, 0) is 14.3 Å². The number of amidine groups is 1. The van der Waals surface area contributed by atoms with Gasteiger partial charge in [0.25, 0.3) is 0 Å². The first-order chi connectivity index (χ1) is 9.13. The average molecular weight is 321 g/mol. The number of nitrogens with zero attached hydrogens (tertiary/aromatic N) is 2. The van der Waals surface area contributed by atoms with E-state index in [2.05, 4.69) is 4.99 Å². The Balaban J connectivity index is 0.00000200. The summed E-state index contributed by atoms with van der Waals surface area (Å²) in [6.45, 7) is 3.59. The minimum absolute atomic E-state index is 0. The number of allylic oxidation sites excluding steroid dienone is 1. The maximum Gasteiger partial charge on any atom is 0.344 e. The number of aliphatic carboxylic acids is 1. The van der Waals surface area contributed by atoms with Crippen molar-refractivity contribution in [2.24, 2.45) is 4.99 Å². The predicted octanol–water partition coefficient (Wildman–Crippen LogP) is 1.86. The molecule has 0 bridgehead atoms. The minimum atomic E-state index is -0.957. The highest BCUT2D eigenvalue weighted by Crippen LogP contribution is 2.38. The maximum absolute atomic E-state index is 11.4. The van der Waals surface area contributed by atoms with Crippen molar-refractivity contribution >= 4 is 41.3 Å². The smallest absolute Gasteiger partial charge is 0.344 e. The molecule has 0 amide bonds. The second-order valence-corrected chi connectivity index (χ2v) is 5.14. The van der Waals surface area contributed by atoms with Gasteiger partial charge in [-0.3, -0.25) is 9.79 Å². The first-order valence-corrected chi connectivity index (χ1v) is 7.07. The Hall–Kier alpha value is -1.21. The van der Waals surface area contributed by atoms with Gasteiger partial charge in [-0.1, -0.05) is 0 Å². The average Bonchev–Trinajstić information content (AvgIpc) is 2.75. The van der Waals surface area contributed by atoms with Crippen LogP contribution in [0.5, 0.6) is 0 Å². The number of esters is 1. The number of hydrogen-bond donors (Lipinski definition) is 1. The van der Waals surface area contributed by atoms with E-state index in [1.165, 1.54) is 11.8 Å². The molecular weight excluding hydrogens is 304 g/mol. The van der Waals surface area contributed by atoms with Crippen molar-refractivity contribution in [1.82, 2.24) is 4.90 Å². The molecule has 0 aliphatic carbocycles. The molecule has 0 atom stereocenters. The van der Waals surface area contributed by atoms with Crippen LogP contribution in [0.25, 0.3) is 0 Å². The van der Waals surface area contributed by atoms with E-state index in [0.717, 1.165) is 24.7 Å². The molecule has 2 rings (SSSR count). The fourth-order valence-corrected chi connectivity index (χ4v) is 3.13. The molecule has 1 N–H and O–H groups in total. The zero-order chi connectivity index (χ0) is 13.8. The summed E-state index contributed by atoms with van der Waals surface area (Å²) in [5.74, 6) is -1.26. The van der Waals surface area contributed by atoms with E-state index in [1.54, 1.807) is 6.92 Å². The highest BCUT2D eigenvalue weighted by Gasteiger charge is 2.34. The molecule has 0 aromatic rings. The van der Waals surface area contributed by atoms with E-state index in [-0.39, 0.29) is 29.7 Å². The Kier molecular flexibility index (Phi) is 6.35. The summed E-state index contributed by atoms with van der Waals surface area (Å²) in [4.78, 5) is 29.2. The van der Waals surface area contributed by atoms with Crippen LogP contribution in [0.4, 0.5) is 0 Å². The molecule has 0 unspecified atom stereocenters. The predicted molar refractivity (Wildman–Crippen MR) is 79.0 cm³/mol. The molecule has 0 spiro atoms. The highest BCUT2D eigenvalue weighted by atomic mass is 35.5. The van der Waals surface area contributed by atoms with Crippen molar-refractivity contribution in [1.29, 1.82) is 0 Å². The number of rotatable bonds is 5. The van der Waals surface area contributed by atoms with Gasteiger partial charge in [0.2, 0.25) is 0 Å². The Bertz CT molecular complexity index is 464. The van der Waals surface area contributed by atoms with E-state index in [0.29, 0.717) is 18.7 Å². The largest absolute Gasteiger partial charge is 0.477 e. The van der Waals surface area contributed by atoms with Gasteiger partial charge >= 0.3 is 11.9 Å². The number of hydrogen-bond acceptors (Lipinski definition) is 6. The third-order valence-electron chi connectivity index (χ3n) is 2.86. The summed E-state index contributed by atoms with van der Waals surface area (Å²) in [6, 6.07) is 0. The van der Waals surface area contributed by atoms with Crippen molar-refractivity contribution in [2.75, 3.05) is 19.7 Å². The molecule has 6 nitrogen and oxygen atoms in total. The third-order valence-corrected chi connectivity index (χ3v) is 4.01. The van der Waals surface area contributed by atoms with Crippen molar-refractivity contribution in [3.8, 4) is 0 Å². The second-order valence-electron chi connectivity index (χ2n) is 4.16. The van der Waals surface area contributed by atoms with Crippen LogP contribution in [0.2, 0.25) is 0 Å². The summed E-state index contributed by atoms with van der Waals surface area (Å²) in [7, 11) is 0. The summed E-state index contributed by atoms with van der Waals surface area (Å²) < 4.78 is 4.87. The molecule has 0 fully saturated rings. The highest BCUT2D eigenvalue weighted by molar-refractivity contribution is 8.18. The molecule has 112 valence electrons. The number of aliphatic imine (C=N–C) groups is 1. The topological polar surface area (TPSA) is 79.2 Å². The van der Waals surface area contributed by atoms with E-state index >= 15 is 0 Å². The number of ether oxygens (including phenoxy) is 1. The van der Waals surface area contributed by atoms with Crippen molar-refractivity contribution in [3.63, 3.8) is 0 Å². The number of carbonyl (C=O) groups excluding carboxylic acids is 1. The third kappa shape index (κ3) is 3.67. The lowest BCUT2D eigenvalue weighted by atomic mass is 10.2. The molecular formula is C12H17ClN2O4S.